The number of ether oxygens (including phenoxy) is 2. The summed E-state index contributed by atoms with van der Waals surface area (Å²) in [5.74, 6) is -0.875. The van der Waals surface area contributed by atoms with Crippen molar-refractivity contribution < 1.29 is 37.9 Å². The van der Waals surface area contributed by atoms with Crippen molar-refractivity contribution >= 4 is 19.8 Å². The van der Waals surface area contributed by atoms with Gasteiger partial charge in [-0.3, -0.25) is 14.1 Å². The van der Waals surface area contributed by atoms with E-state index in [1.54, 1.807) is 0 Å². The zero-order valence-electron chi connectivity index (χ0n) is 32.6. The molecule has 0 aromatic rings. The van der Waals surface area contributed by atoms with Crippen LogP contribution in [0.15, 0.2) is 12.2 Å². The maximum absolute atomic E-state index is 12.4. The highest BCUT2D eigenvalue weighted by atomic mass is 31.2. The topological polar surface area (TPSA) is 119 Å². The number of carbonyl (C=O) groups excluding carboxylic acids is 2. The van der Waals surface area contributed by atoms with Gasteiger partial charge in [0.2, 0.25) is 0 Å². The van der Waals surface area contributed by atoms with E-state index in [2.05, 4.69) is 30.5 Å². The van der Waals surface area contributed by atoms with Crippen molar-refractivity contribution in [1.82, 2.24) is 0 Å². The van der Waals surface area contributed by atoms with Crippen LogP contribution in [0.3, 0.4) is 0 Å². The first kappa shape index (κ1) is 48.8. The van der Waals surface area contributed by atoms with Gasteiger partial charge in [0.05, 0.1) is 6.61 Å². The van der Waals surface area contributed by atoms with Crippen LogP contribution in [-0.4, -0.2) is 41.0 Å². The second-order valence-corrected chi connectivity index (χ2v) is 15.6. The largest absolute Gasteiger partial charge is 0.469 e. The third kappa shape index (κ3) is 39.6. The molecule has 0 spiro atoms. The SMILES string of the molecule is CCCCCC/C=C/CCCCCCCCCCCC(=O)OC[C@H](COP(=O)(O)O)OC(=O)CCCCCCCCCCCCCCCCC. The van der Waals surface area contributed by atoms with Gasteiger partial charge in [-0.05, 0) is 38.5 Å². The van der Waals surface area contributed by atoms with Gasteiger partial charge >= 0.3 is 19.8 Å². The lowest BCUT2D eigenvalue weighted by Crippen LogP contribution is -2.29. The summed E-state index contributed by atoms with van der Waals surface area (Å²) in [5, 5.41) is 0. The second-order valence-electron chi connectivity index (χ2n) is 14.3. The highest BCUT2D eigenvalue weighted by Crippen LogP contribution is 2.36. The van der Waals surface area contributed by atoms with Crippen LogP contribution in [0, 0.1) is 0 Å². The second kappa shape index (κ2) is 37.5. The molecule has 0 fully saturated rings. The van der Waals surface area contributed by atoms with Crippen molar-refractivity contribution in [2.75, 3.05) is 13.2 Å². The Morgan fingerprint density at radius 2 is 0.840 bits per heavy atom. The molecule has 296 valence electrons. The fraction of sp³-hybridized carbons (Fsp3) is 0.902. The number of phosphoric ester groups is 1. The van der Waals surface area contributed by atoms with Crippen LogP contribution in [0.1, 0.15) is 219 Å². The summed E-state index contributed by atoms with van der Waals surface area (Å²) >= 11 is 0. The standard InChI is InChI=1S/C41H79O8P/c1-3-5-7-9-11-13-15-17-19-20-22-23-25-27-29-31-33-35-40(42)47-37-39(38-48-50(44,45)46)49-41(43)36-34-32-30-28-26-24-21-18-16-14-12-10-8-6-4-2/h13,15,39H,3-12,14,16-38H2,1-2H3,(H2,44,45,46)/b15-13+/t39-/m1/s1. The van der Waals surface area contributed by atoms with Crippen LogP contribution in [-0.2, 0) is 28.2 Å². The van der Waals surface area contributed by atoms with Gasteiger partial charge in [-0.25, -0.2) is 4.57 Å². The van der Waals surface area contributed by atoms with Crippen molar-refractivity contribution in [1.29, 1.82) is 0 Å². The lowest BCUT2D eigenvalue weighted by Gasteiger charge is -2.18. The molecular weight excluding hydrogens is 651 g/mol. The van der Waals surface area contributed by atoms with Gasteiger partial charge in [-0.1, -0.05) is 180 Å². The van der Waals surface area contributed by atoms with Gasteiger partial charge in [-0.2, -0.15) is 0 Å². The molecule has 8 nitrogen and oxygen atoms in total. The molecule has 1 atom stereocenters. The predicted octanol–water partition coefficient (Wildman–Crippen LogP) is 12.6. The van der Waals surface area contributed by atoms with Gasteiger partial charge in [0, 0.05) is 12.8 Å². The quantitative estimate of drug-likeness (QED) is 0.0278. The fourth-order valence-corrected chi connectivity index (χ4v) is 6.49. The fourth-order valence-electron chi connectivity index (χ4n) is 6.13. The van der Waals surface area contributed by atoms with Crippen molar-refractivity contribution in [3.05, 3.63) is 12.2 Å². The highest BCUT2D eigenvalue weighted by Gasteiger charge is 2.22. The minimum absolute atomic E-state index is 0.217. The predicted molar refractivity (Wildman–Crippen MR) is 207 cm³/mol. The number of unbranched alkanes of at least 4 members (excludes halogenated alkanes) is 27. The van der Waals surface area contributed by atoms with Gasteiger partial charge in [0.15, 0.2) is 6.10 Å². The summed E-state index contributed by atoms with van der Waals surface area (Å²) < 4.78 is 26.4. The van der Waals surface area contributed by atoms with Crippen molar-refractivity contribution in [3.63, 3.8) is 0 Å². The first-order valence-corrected chi connectivity index (χ1v) is 22.5. The smallest absolute Gasteiger partial charge is 0.462 e. The first-order chi connectivity index (χ1) is 24.3. The van der Waals surface area contributed by atoms with Gasteiger partial charge < -0.3 is 19.3 Å². The maximum Gasteiger partial charge on any atom is 0.469 e. The van der Waals surface area contributed by atoms with Crippen LogP contribution in [0.5, 0.6) is 0 Å². The van der Waals surface area contributed by atoms with E-state index in [0.717, 1.165) is 32.1 Å². The Morgan fingerprint density at radius 1 is 0.500 bits per heavy atom. The van der Waals surface area contributed by atoms with E-state index >= 15 is 0 Å². The number of rotatable bonds is 39. The molecule has 0 saturated heterocycles. The molecule has 50 heavy (non-hydrogen) atoms. The number of phosphoric acid groups is 1. The summed E-state index contributed by atoms with van der Waals surface area (Å²) in [7, 11) is -4.75. The van der Waals surface area contributed by atoms with E-state index in [0.29, 0.717) is 6.42 Å². The maximum atomic E-state index is 12.4. The van der Waals surface area contributed by atoms with Crippen molar-refractivity contribution in [3.8, 4) is 0 Å². The lowest BCUT2D eigenvalue weighted by molar-refractivity contribution is -0.161. The third-order valence-corrected chi connectivity index (χ3v) is 9.77. The molecule has 0 aromatic heterocycles. The molecule has 0 rings (SSSR count). The average Bonchev–Trinajstić information content (AvgIpc) is 3.08. The molecule has 0 aliphatic heterocycles. The molecule has 0 saturated carbocycles. The average molecular weight is 731 g/mol. The summed E-state index contributed by atoms with van der Waals surface area (Å²) in [6, 6.07) is 0. The molecule has 0 heterocycles. The van der Waals surface area contributed by atoms with Crippen molar-refractivity contribution in [2.45, 2.75) is 225 Å². The minimum Gasteiger partial charge on any atom is -0.462 e. The highest BCUT2D eigenvalue weighted by molar-refractivity contribution is 7.46. The minimum atomic E-state index is -4.75. The number of hydrogen-bond donors (Lipinski definition) is 2. The van der Waals surface area contributed by atoms with Crippen LogP contribution < -0.4 is 0 Å². The van der Waals surface area contributed by atoms with E-state index in [1.807, 2.05) is 0 Å². The Labute approximate surface area is 307 Å². The van der Waals surface area contributed by atoms with Crippen LogP contribution >= 0.6 is 7.82 Å². The van der Waals surface area contributed by atoms with E-state index < -0.39 is 32.5 Å². The molecular formula is C41H79O8P. The molecule has 9 heteroatoms. The Hall–Kier alpha value is -1.21. The zero-order valence-corrected chi connectivity index (χ0v) is 33.5. The molecule has 0 radical (unpaired) electrons. The number of allylic oxidation sites excluding steroid dienone is 2. The van der Waals surface area contributed by atoms with E-state index in [1.165, 1.54) is 154 Å². The number of carbonyl (C=O) groups is 2. The Morgan fingerprint density at radius 3 is 1.24 bits per heavy atom. The van der Waals surface area contributed by atoms with E-state index in [9.17, 15) is 14.2 Å². The number of esters is 2. The zero-order chi connectivity index (χ0) is 36.8. The molecule has 0 bridgehead atoms. The summed E-state index contributed by atoms with van der Waals surface area (Å²) in [6.45, 7) is 3.69. The monoisotopic (exact) mass is 731 g/mol. The normalized spacial score (nSPS) is 12.5. The Kier molecular flexibility index (Phi) is 36.6. The van der Waals surface area contributed by atoms with Crippen LogP contribution in [0.25, 0.3) is 0 Å². The van der Waals surface area contributed by atoms with Gasteiger partial charge in [0.1, 0.15) is 6.61 Å². The Bertz CT molecular complexity index is 827. The summed E-state index contributed by atoms with van der Waals surface area (Å²) in [4.78, 5) is 42.8. The first-order valence-electron chi connectivity index (χ1n) is 21.0. The molecule has 0 amide bonds. The molecule has 0 aliphatic carbocycles. The summed E-state index contributed by atoms with van der Waals surface area (Å²) in [6.07, 6.45) is 40.7. The third-order valence-electron chi connectivity index (χ3n) is 9.28. The van der Waals surface area contributed by atoms with E-state index in [4.69, 9.17) is 19.3 Å². The molecule has 0 unspecified atom stereocenters. The lowest BCUT2D eigenvalue weighted by atomic mass is 10.0. The molecule has 0 aliphatic rings. The summed E-state index contributed by atoms with van der Waals surface area (Å²) in [5.41, 5.74) is 0. The Balaban J connectivity index is 3.88. The number of hydrogen-bond acceptors (Lipinski definition) is 6. The van der Waals surface area contributed by atoms with Crippen LogP contribution in [0.4, 0.5) is 0 Å². The molecule has 0 aromatic carbocycles. The van der Waals surface area contributed by atoms with Gasteiger partial charge in [0.25, 0.3) is 0 Å². The van der Waals surface area contributed by atoms with Crippen molar-refractivity contribution in [2.24, 2.45) is 0 Å². The molecule has 2 N–H and O–H groups in total. The van der Waals surface area contributed by atoms with Gasteiger partial charge in [-0.15, -0.1) is 0 Å². The van der Waals surface area contributed by atoms with E-state index in [-0.39, 0.29) is 19.4 Å². The van der Waals surface area contributed by atoms with Crippen LogP contribution in [0.2, 0.25) is 0 Å².